The highest BCUT2D eigenvalue weighted by molar-refractivity contribution is 5.29. The summed E-state index contributed by atoms with van der Waals surface area (Å²) in [5, 5.41) is 3.37. The van der Waals surface area contributed by atoms with E-state index in [2.05, 4.69) is 24.1 Å². The minimum Gasteiger partial charge on any atom is -0.489 e. The first kappa shape index (κ1) is 14.9. The Morgan fingerprint density at radius 1 is 1.22 bits per heavy atom. The summed E-state index contributed by atoms with van der Waals surface area (Å²) in [6, 6.07) is 2.43. The van der Waals surface area contributed by atoms with Crippen LogP contribution in [-0.2, 0) is 11.3 Å². The molecule has 1 aromatic heterocycles. The zero-order valence-electron chi connectivity index (χ0n) is 11.8. The molecule has 0 fully saturated rings. The predicted octanol–water partition coefficient (Wildman–Crippen LogP) is 2.38. The zero-order valence-corrected chi connectivity index (χ0v) is 11.8. The van der Waals surface area contributed by atoms with Crippen molar-refractivity contribution >= 4 is 0 Å². The molecule has 0 spiro atoms. The van der Waals surface area contributed by atoms with Crippen molar-refractivity contribution in [1.82, 2.24) is 10.3 Å². The molecule has 0 saturated carbocycles. The number of aromatic nitrogens is 1. The second-order valence-corrected chi connectivity index (χ2v) is 4.79. The lowest BCUT2D eigenvalue weighted by atomic mass is 10.2. The number of nitrogens with zero attached hydrogens (tertiary/aromatic N) is 1. The van der Waals surface area contributed by atoms with E-state index in [1.54, 1.807) is 12.4 Å². The van der Waals surface area contributed by atoms with Gasteiger partial charge in [0.1, 0.15) is 12.4 Å². The fraction of sp³-hybridized carbons (Fsp3) is 0.643. The summed E-state index contributed by atoms with van der Waals surface area (Å²) < 4.78 is 11.1. The molecule has 0 aliphatic carbocycles. The molecule has 0 bridgehead atoms. The quantitative estimate of drug-likeness (QED) is 0.721. The number of hydrogen-bond donors (Lipinski definition) is 1. The highest BCUT2D eigenvalue weighted by Crippen LogP contribution is 2.16. The topological polar surface area (TPSA) is 43.4 Å². The Balaban J connectivity index is 2.43. The maximum atomic E-state index is 5.69. The van der Waals surface area contributed by atoms with E-state index in [-0.39, 0.29) is 6.10 Å². The van der Waals surface area contributed by atoms with Gasteiger partial charge in [-0.25, -0.2) is 0 Å². The average Bonchev–Trinajstić information content (AvgIpc) is 2.33. The molecule has 1 aromatic rings. The lowest BCUT2D eigenvalue weighted by Crippen LogP contribution is -2.22. The first-order valence-electron chi connectivity index (χ1n) is 6.50. The number of hydrogen-bond acceptors (Lipinski definition) is 4. The Hall–Kier alpha value is -1.13. The van der Waals surface area contributed by atoms with Gasteiger partial charge in [0.2, 0.25) is 0 Å². The third-order valence-corrected chi connectivity index (χ3v) is 2.36. The Morgan fingerprint density at radius 2 is 2.00 bits per heavy atom. The first-order chi connectivity index (χ1) is 8.59. The fourth-order valence-corrected chi connectivity index (χ4v) is 1.43. The first-order valence-corrected chi connectivity index (χ1v) is 6.50. The van der Waals surface area contributed by atoms with Crippen molar-refractivity contribution in [3.63, 3.8) is 0 Å². The third kappa shape index (κ3) is 5.98. The lowest BCUT2D eigenvalue weighted by Gasteiger charge is -2.14. The van der Waals surface area contributed by atoms with Crippen LogP contribution in [0.1, 0.15) is 33.3 Å². The zero-order chi connectivity index (χ0) is 13.4. The molecule has 0 saturated heterocycles. The average molecular weight is 252 g/mol. The summed E-state index contributed by atoms with van der Waals surface area (Å²) in [6.45, 7) is 10.2. The molecule has 0 atom stereocenters. The van der Waals surface area contributed by atoms with Crippen LogP contribution in [0.15, 0.2) is 18.5 Å². The van der Waals surface area contributed by atoms with E-state index in [9.17, 15) is 0 Å². The van der Waals surface area contributed by atoms with Gasteiger partial charge in [-0.2, -0.15) is 0 Å². The van der Waals surface area contributed by atoms with Crippen molar-refractivity contribution in [2.45, 2.75) is 46.4 Å². The molecule has 0 unspecified atom stereocenters. The minimum absolute atomic E-state index is 0.240. The van der Waals surface area contributed by atoms with Gasteiger partial charge in [-0.1, -0.05) is 13.8 Å². The van der Waals surface area contributed by atoms with Crippen LogP contribution in [0.25, 0.3) is 0 Å². The summed E-state index contributed by atoms with van der Waals surface area (Å²) in [5.74, 6) is 0.831. The molecule has 0 aliphatic heterocycles. The van der Waals surface area contributed by atoms with E-state index in [1.807, 2.05) is 19.9 Å². The summed E-state index contributed by atoms with van der Waals surface area (Å²) in [4.78, 5) is 4.09. The van der Waals surface area contributed by atoms with Crippen molar-refractivity contribution in [3.8, 4) is 5.75 Å². The highest BCUT2D eigenvalue weighted by Gasteiger charge is 2.04. The van der Waals surface area contributed by atoms with Gasteiger partial charge in [-0.05, 0) is 19.9 Å². The van der Waals surface area contributed by atoms with E-state index >= 15 is 0 Å². The minimum atomic E-state index is 0.240. The molecule has 4 heteroatoms. The largest absolute Gasteiger partial charge is 0.489 e. The van der Waals surface area contributed by atoms with Gasteiger partial charge in [0.25, 0.3) is 0 Å². The van der Waals surface area contributed by atoms with Crippen LogP contribution in [0.2, 0.25) is 0 Å². The molecule has 18 heavy (non-hydrogen) atoms. The third-order valence-electron chi connectivity index (χ3n) is 2.36. The van der Waals surface area contributed by atoms with Gasteiger partial charge in [0.05, 0.1) is 18.9 Å². The summed E-state index contributed by atoms with van der Waals surface area (Å²) in [5.41, 5.74) is 1.13. The summed E-state index contributed by atoms with van der Waals surface area (Å²) in [7, 11) is 0. The molecule has 0 amide bonds. The van der Waals surface area contributed by atoms with Gasteiger partial charge < -0.3 is 14.8 Å². The Bertz CT molecular complexity index is 340. The molecular weight excluding hydrogens is 228 g/mol. The molecule has 1 rings (SSSR count). The van der Waals surface area contributed by atoms with Crippen molar-refractivity contribution in [2.75, 3.05) is 13.2 Å². The van der Waals surface area contributed by atoms with Gasteiger partial charge in [0, 0.05) is 24.3 Å². The van der Waals surface area contributed by atoms with E-state index < -0.39 is 0 Å². The van der Waals surface area contributed by atoms with Gasteiger partial charge in [0.15, 0.2) is 0 Å². The van der Waals surface area contributed by atoms with Crippen LogP contribution in [0.5, 0.6) is 5.75 Å². The molecule has 1 heterocycles. The van der Waals surface area contributed by atoms with Gasteiger partial charge in [-0.15, -0.1) is 0 Å². The number of pyridine rings is 1. The van der Waals surface area contributed by atoms with Crippen molar-refractivity contribution in [3.05, 3.63) is 24.0 Å². The number of nitrogens with one attached hydrogen (secondary N) is 1. The Morgan fingerprint density at radius 3 is 2.67 bits per heavy atom. The van der Waals surface area contributed by atoms with Crippen molar-refractivity contribution in [1.29, 1.82) is 0 Å². The van der Waals surface area contributed by atoms with Crippen LogP contribution in [0, 0.1) is 0 Å². The van der Waals surface area contributed by atoms with E-state index in [0.29, 0.717) is 19.3 Å². The van der Waals surface area contributed by atoms with Crippen LogP contribution < -0.4 is 10.1 Å². The lowest BCUT2D eigenvalue weighted by molar-refractivity contribution is 0.0549. The summed E-state index contributed by atoms with van der Waals surface area (Å²) in [6.07, 6.45) is 3.78. The number of ether oxygens (including phenoxy) is 2. The van der Waals surface area contributed by atoms with E-state index in [0.717, 1.165) is 17.9 Å². The molecule has 0 aliphatic rings. The van der Waals surface area contributed by atoms with Crippen molar-refractivity contribution < 1.29 is 9.47 Å². The van der Waals surface area contributed by atoms with Crippen LogP contribution in [0.3, 0.4) is 0 Å². The molecular formula is C14H24N2O2. The standard InChI is InChI=1S/C14H24N2O2/c1-11(2)16-9-13-5-6-15-10-14(13)18-8-7-17-12(3)4/h5-6,10-12,16H,7-9H2,1-4H3. The van der Waals surface area contributed by atoms with Crippen LogP contribution in [-0.4, -0.2) is 30.3 Å². The Labute approximate surface area is 110 Å². The van der Waals surface area contributed by atoms with E-state index in [4.69, 9.17) is 9.47 Å². The second kappa shape index (κ2) is 8.06. The van der Waals surface area contributed by atoms with Crippen LogP contribution in [0.4, 0.5) is 0 Å². The predicted molar refractivity (Wildman–Crippen MR) is 72.8 cm³/mol. The molecule has 0 aromatic carbocycles. The monoisotopic (exact) mass is 252 g/mol. The van der Waals surface area contributed by atoms with E-state index in [1.165, 1.54) is 0 Å². The van der Waals surface area contributed by atoms with Crippen LogP contribution >= 0.6 is 0 Å². The molecule has 0 radical (unpaired) electrons. The maximum absolute atomic E-state index is 5.69. The second-order valence-electron chi connectivity index (χ2n) is 4.79. The smallest absolute Gasteiger partial charge is 0.142 e. The number of rotatable bonds is 8. The normalized spacial score (nSPS) is 11.2. The fourth-order valence-electron chi connectivity index (χ4n) is 1.43. The maximum Gasteiger partial charge on any atom is 0.142 e. The molecule has 102 valence electrons. The van der Waals surface area contributed by atoms with Gasteiger partial charge in [-0.3, -0.25) is 4.98 Å². The Kier molecular flexibility index (Phi) is 6.68. The van der Waals surface area contributed by atoms with Gasteiger partial charge >= 0.3 is 0 Å². The highest BCUT2D eigenvalue weighted by atomic mass is 16.5. The van der Waals surface area contributed by atoms with Crippen molar-refractivity contribution in [2.24, 2.45) is 0 Å². The SMILES string of the molecule is CC(C)NCc1ccncc1OCCOC(C)C. The molecule has 4 nitrogen and oxygen atoms in total. The summed E-state index contributed by atoms with van der Waals surface area (Å²) >= 11 is 0. The molecule has 1 N–H and O–H groups in total.